The number of aromatic nitrogens is 1. The second kappa shape index (κ2) is 8.38. The highest BCUT2D eigenvalue weighted by molar-refractivity contribution is 7.15. The van der Waals surface area contributed by atoms with Crippen molar-refractivity contribution in [2.24, 2.45) is 0 Å². The van der Waals surface area contributed by atoms with Crippen molar-refractivity contribution < 1.29 is 9.15 Å². The SMILES string of the molecule is Cc1ccc(-c2nc(CN3CCC(OCc4ccccc4)CC3)c(C)o2)s1. The van der Waals surface area contributed by atoms with Gasteiger partial charge in [0, 0.05) is 24.5 Å². The van der Waals surface area contributed by atoms with Crippen molar-refractivity contribution in [1.82, 2.24) is 9.88 Å². The third-order valence-electron chi connectivity index (χ3n) is 5.08. The van der Waals surface area contributed by atoms with Gasteiger partial charge in [-0.2, -0.15) is 0 Å². The molecular formula is C22H26N2O2S. The summed E-state index contributed by atoms with van der Waals surface area (Å²) in [6.45, 7) is 7.76. The van der Waals surface area contributed by atoms with Gasteiger partial charge in [0.1, 0.15) is 5.76 Å². The number of rotatable bonds is 6. The maximum atomic E-state index is 6.10. The smallest absolute Gasteiger partial charge is 0.236 e. The van der Waals surface area contributed by atoms with E-state index < -0.39 is 0 Å². The predicted octanol–water partition coefficient (Wildman–Crippen LogP) is 5.20. The minimum absolute atomic E-state index is 0.351. The number of piperidine rings is 1. The molecule has 1 saturated heterocycles. The molecule has 1 fully saturated rings. The Bertz CT molecular complexity index is 864. The third kappa shape index (κ3) is 4.67. The highest BCUT2D eigenvalue weighted by atomic mass is 32.1. The van der Waals surface area contributed by atoms with E-state index in [1.54, 1.807) is 11.3 Å². The van der Waals surface area contributed by atoms with E-state index in [0.717, 1.165) is 54.7 Å². The largest absolute Gasteiger partial charge is 0.440 e. The first-order valence-corrected chi connectivity index (χ1v) is 10.4. The first-order valence-electron chi connectivity index (χ1n) is 9.58. The van der Waals surface area contributed by atoms with Crippen LogP contribution < -0.4 is 0 Å². The zero-order valence-electron chi connectivity index (χ0n) is 16.0. The number of hydrogen-bond acceptors (Lipinski definition) is 5. The molecule has 3 heterocycles. The van der Waals surface area contributed by atoms with Crippen LogP contribution in [0.25, 0.3) is 10.8 Å². The highest BCUT2D eigenvalue weighted by Crippen LogP contribution is 2.29. The van der Waals surface area contributed by atoms with E-state index in [0.29, 0.717) is 12.7 Å². The number of thiophene rings is 1. The van der Waals surface area contributed by atoms with Gasteiger partial charge >= 0.3 is 0 Å². The molecule has 0 radical (unpaired) electrons. The first-order chi connectivity index (χ1) is 13.2. The third-order valence-corrected chi connectivity index (χ3v) is 6.07. The van der Waals surface area contributed by atoms with Crippen molar-refractivity contribution in [2.75, 3.05) is 13.1 Å². The van der Waals surface area contributed by atoms with Crippen molar-refractivity contribution in [1.29, 1.82) is 0 Å². The van der Waals surface area contributed by atoms with Crippen LogP contribution in [0.2, 0.25) is 0 Å². The molecule has 0 bridgehead atoms. The monoisotopic (exact) mass is 382 g/mol. The zero-order chi connectivity index (χ0) is 18.6. The molecule has 5 heteroatoms. The first kappa shape index (κ1) is 18.4. The lowest BCUT2D eigenvalue weighted by atomic mass is 10.1. The van der Waals surface area contributed by atoms with Gasteiger partial charge in [-0.15, -0.1) is 11.3 Å². The molecule has 0 saturated carbocycles. The summed E-state index contributed by atoms with van der Waals surface area (Å²) in [4.78, 5) is 9.59. The average Bonchev–Trinajstić information content (AvgIpc) is 3.28. The minimum atomic E-state index is 0.351. The predicted molar refractivity (Wildman–Crippen MR) is 109 cm³/mol. The molecular weight excluding hydrogens is 356 g/mol. The highest BCUT2D eigenvalue weighted by Gasteiger charge is 2.22. The van der Waals surface area contributed by atoms with Gasteiger partial charge < -0.3 is 9.15 Å². The lowest BCUT2D eigenvalue weighted by Crippen LogP contribution is -2.36. The second-order valence-corrected chi connectivity index (χ2v) is 8.49. The van der Waals surface area contributed by atoms with Crippen molar-refractivity contribution in [3.8, 4) is 10.8 Å². The van der Waals surface area contributed by atoms with Crippen LogP contribution in [0.1, 0.15) is 34.7 Å². The second-order valence-electron chi connectivity index (χ2n) is 7.20. The van der Waals surface area contributed by atoms with E-state index in [2.05, 4.69) is 48.2 Å². The van der Waals surface area contributed by atoms with Gasteiger partial charge in [0.25, 0.3) is 0 Å². The molecule has 27 heavy (non-hydrogen) atoms. The van der Waals surface area contributed by atoms with Gasteiger partial charge in [-0.3, -0.25) is 4.90 Å². The van der Waals surface area contributed by atoms with Gasteiger partial charge in [0.2, 0.25) is 5.89 Å². The summed E-state index contributed by atoms with van der Waals surface area (Å²) in [5.41, 5.74) is 2.30. The van der Waals surface area contributed by atoms with E-state index in [1.165, 1.54) is 10.4 Å². The molecule has 2 aromatic heterocycles. The Hall–Kier alpha value is -1.95. The number of nitrogens with zero attached hydrogens (tertiary/aromatic N) is 2. The molecule has 1 aliphatic heterocycles. The maximum absolute atomic E-state index is 6.10. The Labute approximate surface area is 164 Å². The van der Waals surface area contributed by atoms with E-state index in [1.807, 2.05) is 13.0 Å². The van der Waals surface area contributed by atoms with Crippen molar-refractivity contribution in [3.05, 3.63) is 64.4 Å². The van der Waals surface area contributed by atoms with Crippen LogP contribution in [-0.4, -0.2) is 29.1 Å². The quantitative estimate of drug-likeness (QED) is 0.587. The fourth-order valence-corrected chi connectivity index (χ4v) is 4.26. The topological polar surface area (TPSA) is 38.5 Å². The van der Waals surface area contributed by atoms with Gasteiger partial charge in [-0.25, -0.2) is 4.98 Å². The van der Waals surface area contributed by atoms with Gasteiger partial charge in [-0.05, 0) is 44.4 Å². The Morgan fingerprint density at radius 1 is 1.11 bits per heavy atom. The number of oxazole rings is 1. The summed E-state index contributed by atoms with van der Waals surface area (Å²) in [7, 11) is 0. The lowest BCUT2D eigenvalue weighted by molar-refractivity contribution is -0.00418. The van der Waals surface area contributed by atoms with Crippen molar-refractivity contribution >= 4 is 11.3 Å². The minimum Gasteiger partial charge on any atom is -0.440 e. The van der Waals surface area contributed by atoms with Crippen LogP contribution in [-0.2, 0) is 17.9 Å². The molecule has 4 rings (SSSR count). The molecule has 0 atom stereocenters. The van der Waals surface area contributed by atoms with Gasteiger partial charge in [0.15, 0.2) is 0 Å². The van der Waals surface area contributed by atoms with Crippen LogP contribution >= 0.6 is 11.3 Å². The molecule has 0 spiro atoms. The molecule has 0 aliphatic carbocycles. The van der Waals surface area contributed by atoms with Crippen LogP contribution in [0.15, 0.2) is 46.9 Å². The van der Waals surface area contributed by atoms with Crippen LogP contribution in [0, 0.1) is 13.8 Å². The summed E-state index contributed by atoms with van der Waals surface area (Å²) >= 11 is 1.73. The van der Waals surface area contributed by atoms with E-state index in [-0.39, 0.29) is 0 Å². The van der Waals surface area contributed by atoms with Crippen molar-refractivity contribution in [3.63, 3.8) is 0 Å². The molecule has 1 aromatic carbocycles. The molecule has 0 N–H and O–H groups in total. The Morgan fingerprint density at radius 2 is 1.89 bits per heavy atom. The number of likely N-dealkylation sites (tertiary alicyclic amines) is 1. The fourth-order valence-electron chi connectivity index (χ4n) is 3.46. The number of hydrogen-bond donors (Lipinski definition) is 0. The summed E-state index contributed by atoms with van der Waals surface area (Å²) in [6.07, 6.45) is 2.49. The molecule has 4 nitrogen and oxygen atoms in total. The van der Waals surface area contributed by atoms with E-state index in [4.69, 9.17) is 14.1 Å². The Balaban J connectivity index is 1.28. The number of benzene rings is 1. The lowest BCUT2D eigenvalue weighted by Gasteiger charge is -2.31. The fraction of sp³-hybridized carbons (Fsp3) is 0.409. The van der Waals surface area contributed by atoms with Crippen LogP contribution in [0.3, 0.4) is 0 Å². The normalized spacial score (nSPS) is 16.1. The molecule has 3 aromatic rings. The molecule has 0 amide bonds. The summed E-state index contributed by atoms with van der Waals surface area (Å²) in [5.74, 6) is 1.68. The summed E-state index contributed by atoms with van der Waals surface area (Å²) in [6, 6.07) is 14.6. The van der Waals surface area contributed by atoms with Gasteiger partial charge in [-0.1, -0.05) is 30.3 Å². The Morgan fingerprint density at radius 3 is 2.59 bits per heavy atom. The number of ether oxygens (including phenoxy) is 1. The van der Waals surface area contributed by atoms with E-state index >= 15 is 0 Å². The van der Waals surface area contributed by atoms with Crippen LogP contribution in [0.5, 0.6) is 0 Å². The molecule has 0 unspecified atom stereocenters. The van der Waals surface area contributed by atoms with Crippen molar-refractivity contribution in [2.45, 2.75) is 45.9 Å². The average molecular weight is 383 g/mol. The maximum Gasteiger partial charge on any atom is 0.236 e. The molecule has 1 aliphatic rings. The van der Waals surface area contributed by atoms with Gasteiger partial charge in [0.05, 0.1) is 23.3 Å². The molecule has 142 valence electrons. The van der Waals surface area contributed by atoms with Crippen LogP contribution in [0.4, 0.5) is 0 Å². The number of aryl methyl sites for hydroxylation is 2. The zero-order valence-corrected chi connectivity index (χ0v) is 16.8. The Kier molecular flexibility index (Phi) is 5.72. The summed E-state index contributed by atoms with van der Waals surface area (Å²) < 4.78 is 12.0. The van der Waals surface area contributed by atoms with E-state index in [9.17, 15) is 0 Å². The summed E-state index contributed by atoms with van der Waals surface area (Å²) in [5, 5.41) is 0. The standard InChI is InChI=1S/C22H26N2O2S/c1-16-8-9-21(27-16)22-23-20(17(2)26-22)14-24-12-10-19(11-13-24)25-15-18-6-4-3-5-7-18/h3-9,19H,10-15H2,1-2H3.